The van der Waals surface area contributed by atoms with Crippen LogP contribution in [0.2, 0.25) is 0 Å². The molecule has 0 atom stereocenters. The molecule has 0 aliphatic heterocycles. The van der Waals surface area contributed by atoms with Gasteiger partial charge in [-0.1, -0.05) is 12.1 Å². The van der Waals surface area contributed by atoms with Gasteiger partial charge in [-0.05, 0) is 30.4 Å². The van der Waals surface area contributed by atoms with Crippen LogP contribution in [0.4, 0.5) is 9.18 Å². The van der Waals surface area contributed by atoms with Crippen molar-refractivity contribution in [2.75, 3.05) is 0 Å². The van der Waals surface area contributed by atoms with E-state index in [-0.39, 0.29) is 11.7 Å². The largest absolute Gasteiger partial charge is 0.410 e. The smallest absolute Gasteiger partial charge is 0.407 e. The van der Waals surface area contributed by atoms with Gasteiger partial charge in [0.05, 0.1) is 0 Å². The Morgan fingerprint density at radius 1 is 1.50 bits per heavy atom. The molecule has 3 nitrogen and oxygen atoms in total. The van der Waals surface area contributed by atoms with Crippen LogP contribution in [-0.4, -0.2) is 6.09 Å². The minimum absolute atomic E-state index is 0.0816. The molecule has 1 amide bonds. The van der Waals surface area contributed by atoms with Crippen molar-refractivity contribution in [3.05, 3.63) is 29.6 Å². The van der Waals surface area contributed by atoms with Crippen LogP contribution in [0.15, 0.2) is 18.2 Å². The van der Waals surface area contributed by atoms with E-state index in [1.165, 1.54) is 6.07 Å². The minimum Gasteiger partial charge on any atom is -0.407 e. The lowest BCUT2D eigenvalue weighted by molar-refractivity contribution is 0.208. The number of primary amides is 1. The van der Waals surface area contributed by atoms with E-state index in [2.05, 4.69) is 4.74 Å². The Labute approximate surface area is 80.7 Å². The Bertz CT molecular complexity index is 374. The van der Waals surface area contributed by atoms with Gasteiger partial charge in [-0.25, -0.2) is 9.18 Å². The third-order valence-electron chi connectivity index (χ3n) is 2.22. The minimum atomic E-state index is -0.989. The normalized spacial score (nSPS) is 15.2. The number of carbonyl (C=O) groups is 1. The molecule has 0 unspecified atom stereocenters. The fraction of sp³-hybridized carbons (Fsp3) is 0.300. The predicted molar refractivity (Wildman–Crippen MR) is 48.6 cm³/mol. The van der Waals surface area contributed by atoms with Crippen LogP contribution < -0.4 is 10.5 Å². The van der Waals surface area contributed by atoms with Gasteiger partial charge in [0.1, 0.15) is 0 Å². The lowest BCUT2D eigenvalue weighted by Gasteiger charge is -2.05. The van der Waals surface area contributed by atoms with Gasteiger partial charge in [0.2, 0.25) is 0 Å². The molecule has 1 aromatic carbocycles. The molecular formula is C10H10FNO2. The first-order valence-electron chi connectivity index (χ1n) is 4.44. The van der Waals surface area contributed by atoms with Crippen molar-refractivity contribution in [3.63, 3.8) is 0 Å². The molecule has 0 aromatic heterocycles. The number of hydrogen-bond acceptors (Lipinski definition) is 2. The van der Waals surface area contributed by atoms with Crippen molar-refractivity contribution in [3.8, 4) is 5.75 Å². The van der Waals surface area contributed by atoms with Gasteiger partial charge >= 0.3 is 6.09 Å². The molecule has 1 aromatic rings. The number of benzene rings is 1. The number of nitrogens with two attached hydrogens (primary N) is 1. The third-order valence-corrected chi connectivity index (χ3v) is 2.22. The van der Waals surface area contributed by atoms with Gasteiger partial charge in [-0.3, -0.25) is 0 Å². The van der Waals surface area contributed by atoms with Crippen LogP contribution in [0.25, 0.3) is 0 Å². The fourth-order valence-electron chi connectivity index (χ4n) is 1.42. The van der Waals surface area contributed by atoms with Crippen LogP contribution >= 0.6 is 0 Å². The van der Waals surface area contributed by atoms with Crippen molar-refractivity contribution < 1.29 is 13.9 Å². The van der Waals surface area contributed by atoms with Gasteiger partial charge in [-0.15, -0.1) is 0 Å². The summed E-state index contributed by atoms with van der Waals surface area (Å²) in [6, 6.07) is 4.77. The van der Waals surface area contributed by atoms with Gasteiger partial charge in [0.25, 0.3) is 0 Å². The van der Waals surface area contributed by atoms with E-state index in [0.717, 1.165) is 12.8 Å². The monoisotopic (exact) mass is 195 g/mol. The molecule has 1 aliphatic carbocycles. The first-order chi connectivity index (χ1) is 6.68. The van der Waals surface area contributed by atoms with E-state index in [1.807, 2.05) is 0 Å². The summed E-state index contributed by atoms with van der Waals surface area (Å²) >= 11 is 0. The van der Waals surface area contributed by atoms with Crippen LogP contribution in [-0.2, 0) is 0 Å². The third kappa shape index (κ3) is 1.69. The number of hydrogen-bond donors (Lipinski definition) is 1. The molecule has 0 spiro atoms. The molecule has 14 heavy (non-hydrogen) atoms. The summed E-state index contributed by atoms with van der Waals surface area (Å²) in [7, 11) is 0. The van der Waals surface area contributed by atoms with Crippen molar-refractivity contribution in [2.45, 2.75) is 18.8 Å². The molecule has 4 heteroatoms. The molecule has 1 fully saturated rings. The second-order valence-corrected chi connectivity index (χ2v) is 3.35. The van der Waals surface area contributed by atoms with E-state index >= 15 is 0 Å². The number of rotatable bonds is 2. The highest BCUT2D eigenvalue weighted by Crippen LogP contribution is 2.42. The lowest BCUT2D eigenvalue weighted by atomic mass is 10.1. The predicted octanol–water partition coefficient (Wildman–Crippen LogP) is 2.16. The van der Waals surface area contributed by atoms with E-state index in [9.17, 15) is 9.18 Å². The molecule has 2 N–H and O–H groups in total. The van der Waals surface area contributed by atoms with Crippen molar-refractivity contribution in [1.29, 1.82) is 0 Å². The summed E-state index contributed by atoms with van der Waals surface area (Å²) in [5.41, 5.74) is 5.42. The lowest BCUT2D eigenvalue weighted by Crippen LogP contribution is -2.17. The zero-order valence-electron chi connectivity index (χ0n) is 7.50. The summed E-state index contributed by atoms with van der Waals surface area (Å²) in [5, 5.41) is 0. The molecular weight excluding hydrogens is 185 g/mol. The number of halogens is 1. The van der Waals surface area contributed by atoms with Crippen LogP contribution in [0.5, 0.6) is 5.75 Å². The first-order valence-corrected chi connectivity index (χ1v) is 4.44. The molecule has 0 bridgehead atoms. The van der Waals surface area contributed by atoms with E-state index in [0.29, 0.717) is 5.56 Å². The van der Waals surface area contributed by atoms with Gasteiger partial charge in [0, 0.05) is 0 Å². The van der Waals surface area contributed by atoms with Gasteiger partial charge < -0.3 is 10.5 Å². The Morgan fingerprint density at radius 3 is 2.79 bits per heavy atom. The topological polar surface area (TPSA) is 52.3 Å². The fourth-order valence-corrected chi connectivity index (χ4v) is 1.42. The van der Waals surface area contributed by atoms with Crippen molar-refractivity contribution >= 4 is 6.09 Å². The maximum absolute atomic E-state index is 13.6. The average Bonchev–Trinajstić information content (AvgIpc) is 2.91. The molecule has 74 valence electrons. The molecule has 0 heterocycles. The average molecular weight is 195 g/mol. The van der Waals surface area contributed by atoms with Crippen molar-refractivity contribution in [1.82, 2.24) is 0 Å². The van der Waals surface area contributed by atoms with Crippen LogP contribution in [0.3, 0.4) is 0 Å². The van der Waals surface area contributed by atoms with Gasteiger partial charge in [0.15, 0.2) is 11.6 Å². The zero-order chi connectivity index (χ0) is 10.1. The second kappa shape index (κ2) is 3.29. The molecule has 0 radical (unpaired) electrons. The Balaban J connectivity index is 2.31. The number of carbonyl (C=O) groups excluding carboxylic acids is 1. The highest BCUT2D eigenvalue weighted by molar-refractivity contribution is 5.68. The van der Waals surface area contributed by atoms with E-state index < -0.39 is 11.9 Å². The van der Waals surface area contributed by atoms with Crippen LogP contribution in [0, 0.1) is 5.82 Å². The second-order valence-electron chi connectivity index (χ2n) is 3.35. The standard InChI is InChI=1S/C10H10FNO2/c11-9-7(6-4-5-6)2-1-3-8(9)14-10(12)13/h1-3,6H,4-5H2,(H2,12,13). The summed E-state index contributed by atoms with van der Waals surface area (Å²) in [4.78, 5) is 10.5. The zero-order valence-corrected chi connectivity index (χ0v) is 7.50. The maximum atomic E-state index is 13.6. The number of ether oxygens (including phenoxy) is 1. The van der Waals surface area contributed by atoms with Gasteiger partial charge in [-0.2, -0.15) is 0 Å². The highest BCUT2D eigenvalue weighted by atomic mass is 19.1. The first kappa shape index (κ1) is 8.99. The Morgan fingerprint density at radius 2 is 2.21 bits per heavy atom. The quantitative estimate of drug-likeness (QED) is 0.786. The van der Waals surface area contributed by atoms with E-state index in [1.54, 1.807) is 12.1 Å². The summed E-state index contributed by atoms with van der Waals surface area (Å²) in [5.74, 6) is -0.262. The number of amides is 1. The molecule has 0 saturated heterocycles. The van der Waals surface area contributed by atoms with Crippen LogP contribution in [0.1, 0.15) is 24.3 Å². The summed E-state index contributed by atoms with van der Waals surface area (Å²) in [6.45, 7) is 0. The molecule has 1 aliphatic rings. The van der Waals surface area contributed by atoms with E-state index in [4.69, 9.17) is 5.73 Å². The Hall–Kier alpha value is -1.58. The van der Waals surface area contributed by atoms with Crippen molar-refractivity contribution in [2.24, 2.45) is 5.73 Å². The Kier molecular flexibility index (Phi) is 2.11. The molecule has 2 rings (SSSR count). The maximum Gasteiger partial charge on any atom is 0.410 e. The summed E-state index contributed by atoms with van der Waals surface area (Å²) in [6.07, 6.45) is 1.00. The summed E-state index contributed by atoms with van der Waals surface area (Å²) < 4.78 is 18.1. The highest BCUT2D eigenvalue weighted by Gasteiger charge is 2.27. The SMILES string of the molecule is NC(=O)Oc1cccc(C2CC2)c1F. The molecule has 1 saturated carbocycles.